The maximum atomic E-state index is 12.0. The van der Waals surface area contributed by atoms with Crippen molar-refractivity contribution in [2.45, 2.75) is 71.3 Å². The van der Waals surface area contributed by atoms with Gasteiger partial charge in [0.05, 0.1) is 6.10 Å². The van der Waals surface area contributed by atoms with E-state index >= 15 is 0 Å². The number of fused-ring (bicyclic) bond motifs is 5. The molecule has 0 bridgehead atoms. The molecule has 0 heterocycles. The van der Waals surface area contributed by atoms with E-state index < -0.39 is 0 Å². The molecule has 2 nitrogen and oxygen atoms in total. The zero-order valence-corrected chi connectivity index (χ0v) is 13.4. The van der Waals surface area contributed by atoms with E-state index in [4.69, 9.17) is 0 Å². The summed E-state index contributed by atoms with van der Waals surface area (Å²) in [5.41, 5.74) is 2.79. The number of allylic oxidation sites excluding steroid dienone is 1. The van der Waals surface area contributed by atoms with Gasteiger partial charge in [0.2, 0.25) is 0 Å². The van der Waals surface area contributed by atoms with E-state index in [1.807, 2.05) is 0 Å². The van der Waals surface area contributed by atoms with Crippen molar-refractivity contribution in [2.24, 2.45) is 29.1 Å². The third kappa shape index (κ3) is 1.84. The van der Waals surface area contributed by atoms with Gasteiger partial charge in [0.1, 0.15) is 0 Å². The molecule has 1 N–H and O–H groups in total. The number of ketones is 1. The largest absolute Gasteiger partial charge is 0.393 e. The highest BCUT2D eigenvalue weighted by Gasteiger charge is 2.56. The highest BCUT2D eigenvalue weighted by Crippen LogP contribution is 2.62. The number of rotatable bonds is 0. The Kier molecular flexibility index (Phi) is 3.12. The Bertz CT molecular complexity index is 506. The lowest BCUT2D eigenvalue weighted by Gasteiger charge is -2.53. The van der Waals surface area contributed by atoms with Crippen molar-refractivity contribution >= 4 is 5.78 Å². The van der Waals surface area contributed by atoms with E-state index in [0.717, 1.165) is 49.0 Å². The Hall–Kier alpha value is -0.630. The molecule has 0 radical (unpaired) electrons. The minimum atomic E-state index is -0.0740. The second-order valence-corrected chi connectivity index (χ2v) is 8.33. The van der Waals surface area contributed by atoms with Crippen LogP contribution in [0.2, 0.25) is 0 Å². The normalized spacial score (nSPS) is 49.7. The number of hydrogen-bond donors (Lipinski definition) is 1. The highest BCUT2D eigenvalue weighted by molar-refractivity contribution is 5.96. The molecule has 0 unspecified atom stereocenters. The van der Waals surface area contributed by atoms with Crippen LogP contribution in [-0.2, 0) is 4.79 Å². The zero-order chi connectivity index (χ0) is 14.8. The SMILES string of the molecule is CC1=C2CC[C@@H]3[C@H](CC[C@]4(C)[C@H](O)CC[C@H]34)[C@@H]2CCC1=O. The number of aliphatic hydroxyl groups is 1. The first-order chi connectivity index (χ1) is 10.0. The Morgan fingerprint density at radius 3 is 2.67 bits per heavy atom. The van der Waals surface area contributed by atoms with Crippen LogP contribution in [0.1, 0.15) is 65.2 Å². The minimum Gasteiger partial charge on any atom is -0.393 e. The summed E-state index contributed by atoms with van der Waals surface area (Å²) in [5, 5.41) is 10.4. The molecule has 0 aliphatic heterocycles. The van der Waals surface area contributed by atoms with Gasteiger partial charge in [-0.1, -0.05) is 12.5 Å². The molecular weight excluding hydrogens is 260 g/mol. The van der Waals surface area contributed by atoms with Gasteiger partial charge in [0.15, 0.2) is 5.78 Å². The topological polar surface area (TPSA) is 37.3 Å². The first-order valence-electron chi connectivity index (χ1n) is 8.93. The number of hydrogen-bond acceptors (Lipinski definition) is 2. The van der Waals surface area contributed by atoms with Gasteiger partial charge in [0.25, 0.3) is 0 Å². The molecule has 3 saturated carbocycles. The van der Waals surface area contributed by atoms with E-state index in [1.165, 1.54) is 31.3 Å². The maximum absolute atomic E-state index is 12.0. The summed E-state index contributed by atoms with van der Waals surface area (Å²) in [5.74, 6) is 3.40. The third-order valence-electron chi connectivity index (χ3n) is 7.74. The summed E-state index contributed by atoms with van der Waals surface area (Å²) >= 11 is 0. The second kappa shape index (κ2) is 4.68. The molecule has 6 atom stereocenters. The van der Waals surface area contributed by atoms with Gasteiger partial charge in [-0.05, 0) is 86.5 Å². The van der Waals surface area contributed by atoms with Crippen molar-refractivity contribution in [3.63, 3.8) is 0 Å². The number of carbonyl (C=O) groups excluding carboxylic acids is 1. The molecule has 0 aromatic heterocycles. The highest BCUT2D eigenvalue weighted by atomic mass is 16.3. The number of aliphatic hydroxyl groups excluding tert-OH is 1. The van der Waals surface area contributed by atoms with Gasteiger partial charge in [0, 0.05) is 6.42 Å². The fourth-order valence-electron chi connectivity index (χ4n) is 6.48. The standard InChI is InChI=1S/C19H28O2/c1-11-12-3-4-15-14(13(12)5-7-17(11)20)9-10-19(2)16(15)6-8-18(19)21/h13-16,18,21H,3-10H2,1-2H3/t13-,14-,15-,16-,18-,19+/m1/s1. The summed E-state index contributed by atoms with van der Waals surface area (Å²) in [6.07, 6.45) is 8.89. The van der Waals surface area contributed by atoms with Crippen molar-refractivity contribution in [1.29, 1.82) is 0 Å². The van der Waals surface area contributed by atoms with Crippen LogP contribution in [0.25, 0.3) is 0 Å². The van der Waals surface area contributed by atoms with Gasteiger partial charge in [-0.15, -0.1) is 0 Å². The maximum Gasteiger partial charge on any atom is 0.158 e. The van der Waals surface area contributed by atoms with Crippen LogP contribution in [0.15, 0.2) is 11.1 Å². The Labute approximate surface area is 128 Å². The summed E-state index contributed by atoms with van der Waals surface area (Å²) in [6, 6.07) is 0. The van der Waals surface area contributed by atoms with Crippen molar-refractivity contribution in [3.05, 3.63) is 11.1 Å². The average Bonchev–Trinajstić information content (AvgIpc) is 2.78. The molecule has 3 fully saturated rings. The van der Waals surface area contributed by atoms with E-state index in [1.54, 1.807) is 0 Å². The quantitative estimate of drug-likeness (QED) is 0.734. The van der Waals surface area contributed by atoms with E-state index in [-0.39, 0.29) is 11.5 Å². The Balaban J connectivity index is 1.66. The van der Waals surface area contributed by atoms with Crippen molar-refractivity contribution in [2.75, 3.05) is 0 Å². The predicted molar refractivity (Wildman–Crippen MR) is 82.7 cm³/mol. The molecule has 2 heteroatoms. The van der Waals surface area contributed by atoms with E-state index in [2.05, 4.69) is 13.8 Å². The number of Topliss-reactive ketones (excluding diaryl/α,β-unsaturated/α-hetero) is 1. The van der Waals surface area contributed by atoms with Crippen molar-refractivity contribution in [3.8, 4) is 0 Å². The minimum absolute atomic E-state index is 0.0740. The van der Waals surface area contributed by atoms with E-state index in [0.29, 0.717) is 11.7 Å². The predicted octanol–water partition coefficient (Wildman–Crippen LogP) is 3.88. The van der Waals surface area contributed by atoms with Crippen LogP contribution in [0.3, 0.4) is 0 Å². The third-order valence-corrected chi connectivity index (χ3v) is 7.74. The fourth-order valence-corrected chi connectivity index (χ4v) is 6.48. The van der Waals surface area contributed by atoms with Crippen LogP contribution >= 0.6 is 0 Å². The zero-order valence-electron chi connectivity index (χ0n) is 13.4. The van der Waals surface area contributed by atoms with E-state index in [9.17, 15) is 9.90 Å². The molecule has 0 amide bonds. The Morgan fingerprint density at radius 1 is 1.05 bits per heavy atom. The van der Waals surface area contributed by atoms with Gasteiger partial charge in [-0.25, -0.2) is 0 Å². The van der Waals surface area contributed by atoms with Gasteiger partial charge >= 0.3 is 0 Å². The smallest absolute Gasteiger partial charge is 0.158 e. The van der Waals surface area contributed by atoms with Gasteiger partial charge < -0.3 is 5.11 Å². The molecule has 0 aromatic rings. The lowest BCUT2D eigenvalue weighted by molar-refractivity contribution is -0.117. The van der Waals surface area contributed by atoms with Crippen LogP contribution in [0, 0.1) is 29.1 Å². The fraction of sp³-hybridized carbons (Fsp3) is 0.842. The summed E-state index contributed by atoms with van der Waals surface area (Å²) in [4.78, 5) is 12.0. The second-order valence-electron chi connectivity index (χ2n) is 8.33. The van der Waals surface area contributed by atoms with Crippen LogP contribution in [-0.4, -0.2) is 17.0 Å². The molecule has 4 aliphatic rings. The van der Waals surface area contributed by atoms with Crippen molar-refractivity contribution < 1.29 is 9.90 Å². The molecule has 0 saturated heterocycles. The molecular formula is C19H28O2. The molecule has 116 valence electrons. The van der Waals surface area contributed by atoms with Crippen LogP contribution < -0.4 is 0 Å². The molecule has 4 rings (SSSR count). The molecule has 4 aliphatic carbocycles. The molecule has 21 heavy (non-hydrogen) atoms. The first-order valence-corrected chi connectivity index (χ1v) is 8.93. The molecule has 0 spiro atoms. The van der Waals surface area contributed by atoms with Gasteiger partial charge in [-0.2, -0.15) is 0 Å². The van der Waals surface area contributed by atoms with Crippen molar-refractivity contribution in [1.82, 2.24) is 0 Å². The summed E-state index contributed by atoms with van der Waals surface area (Å²) in [7, 11) is 0. The molecule has 0 aromatic carbocycles. The summed E-state index contributed by atoms with van der Waals surface area (Å²) < 4.78 is 0. The lowest BCUT2D eigenvalue weighted by Crippen LogP contribution is -2.47. The van der Waals surface area contributed by atoms with Crippen LogP contribution in [0.4, 0.5) is 0 Å². The van der Waals surface area contributed by atoms with Gasteiger partial charge in [-0.3, -0.25) is 4.79 Å². The number of carbonyl (C=O) groups is 1. The first kappa shape index (κ1) is 14.0. The summed E-state index contributed by atoms with van der Waals surface area (Å²) in [6.45, 7) is 4.41. The van der Waals surface area contributed by atoms with Crippen LogP contribution in [0.5, 0.6) is 0 Å². The lowest BCUT2D eigenvalue weighted by atomic mass is 9.52. The monoisotopic (exact) mass is 288 g/mol. The Morgan fingerprint density at radius 2 is 1.86 bits per heavy atom. The average molecular weight is 288 g/mol.